The highest BCUT2D eigenvalue weighted by Gasteiger charge is 2.29. The summed E-state index contributed by atoms with van der Waals surface area (Å²) in [7, 11) is 0. The van der Waals surface area contributed by atoms with Gasteiger partial charge in [0.1, 0.15) is 0 Å². The number of likely N-dealkylation sites (tertiary alicyclic amines) is 1. The van der Waals surface area contributed by atoms with Gasteiger partial charge in [-0.15, -0.1) is 0 Å². The van der Waals surface area contributed by atoms with Gasteiger partial charge < -0.3 is 10.2 Å². The number of hydrogen-bond donors (Lipinski definition) is 1. The summed E-state index contributed by atoms with van der Waals surface area (Å²) >= 11 is 0. The molecule has 2 nitrogen and oxygen atoms in total. The molecule has 2 atom stereocenters. The SMILES string of the molecule is CC(CN1CCC(c2ccccc2)C1)C1CNC1. The van der Waals surface area contributed by atoms with E-state index in [9.17, 15) is 0 Å². The Morgan fingerprint density at radius 3 is 2.72 bits per heavy atom. The lowest BCUT2D eigenvalue weighted by molar-refractivity contribution is 0.185. The van der Waals surface area contributed by atoms with Crippen LogP contribution in [0.1, 0.15) is 24.8 Å². The van der Waals surface area contributed by atoms with Crippen LogP contribution in [0.25, 0.3) is 0 Å². The summed E-state index contributed by atoms with van der Waals surface area (Å²) in [4.78, 5) is 2.67. The third-order valence-corrected chi connectivity index (χ3v) is 4.71. The molecule has 1 aromatic rings. The van der Waals surface area contributed by atoms with Gasteiger partial charge in [0.15, 0.2) is 0 Å². The molecule has 0 spiro atoms. The fourth-order valence-electron chi connectivity index (χ4n) is 3.27. The molecule has 3 rings (SSSR count). The number of hydrogen-bond acceptors (Lipinski definition) is 2. The predicted octanol–water partition coefficient (Wildman–Crippen LogP) is 2.33. The van der Waals surface area contributed by atoms with Crippen LogP contribution in [0, 0.1) is 11.8 Å². The van der Waals surface area contributed by atoms with Gasteiger partial charge in [0.2, 0.25) is 0 Å². The lowest BCUT2D eigenvalue weighted by Crippen LogP contribution is -2.48. The molecule has 0 aromatic heterocycles. The number of benzene rings is 1. The highest BCUT2D eigenvalue weighted by Crippen LogP contribution is 2.28. The second kappa shape index (κ2) is 5.41. The first-order valence-electron chi connectivity index (χ1n) is 7.31. The van der Waals surface area contributed by atoms with Gasteiger partial charge >= 0.3 is 0 Å². The average Bonchev–Trinajstić information content (AvgIpc) is 2.76. The molecule has 0 amide bonds. The van der Waals surface area contributed by atoms with Crippen molar-refractivity contribution in [1.29, 1.82) is 0 Å². The van der Waals surface area contributed by atoms with Crippen molar-refractivity contribution in [1.82, 2.24) is 10.2 Å². The first kappa shape index (κ1) is 12.2. The number of rotatable bonds is 4. The lowest BCUT2D eigenvalue weighted by Gasteiger charge is -2.34. The molecule has 0 radical (unpaired) electrons. The molecular weight excluding hydrogens is 220 g/mol. The highest BCUT2D eigenvalue weighted by atomic mass is 15.1. The monoisotopic (exact) mass is 244 g/mol. The first-order valence-corrected chi connectivity index (χ1v) is 7.31. The maximum absolute atomic E-state index is 3.38. The summed E-state index contributed by atoms with van der Waals surface area (Å²) in [5.74, 6) is 2.53. The molecule has 18 heavy (non-hydrogen) atoms. The normalized spacial score (nSPS) is 27.1. The summed E-state index contributed by atoms with van der Waals surface area (Å²) in [5, 5.41) is 3.38. The minimum absolute atomic E-state index is 0.762. The molecule has 2 fully saturated rings. The van der Waals surface area contributed by atoms with Crippen LogP contribution in [-0.2, 0) is 0 Å². The van der Waals surface area contributed by atoms with Crippen LogP contribution in [-0.4, -0.2) is 37.6 Å². The Hall–Kier alpha value is -0.860. The minimum atomic E-state index is 0.762. The van der Waals surface area contributed by atoms with Gasteiger partial charge in [-0.3, -0.25) is 0 Å². The van der Waals surface area contributed by atoms with Crippen LogP contribution >= 0.6 is 0 Å². The van der Waals surface area contributed by atoms with Gasteiger partial charge in [0.25, 0.3) is 0 Å². The van der Waals surface area contributed by atoms with Gasteiger partial charge in [-0.05, 0) is 49.4 Å². The van der Waals surface area contributed by atoms with E-state index >= 15 is 0 Å². The van der Waals surface area contributed by atoms with Crippen molar-refractivity contribution in [2.75, 3.05) is 32.7 Å². The molecule has 98 valence electrons. The Morgan fingerprint density at radius 2 is 2.06 bits per heavy atom. The molecule has 2 aliphatic heterocycles. The van der Waals surface area contributed by atoms with Gasteiger partial charge in [-0.25, -0.2) is 0 Å². The van der Waals surface area contributed by atoms with E-state index in [2.05, 4.69) is 47.5 Å². The maximum Gasteiger partial charge on any atom is 0.00509 e. The summed E-state index contributed by atoms with van der Waals surface area (Å²) in [5.41, 5.74) is 1.53. The number of nitrogens with one attached hydrogen (secondary N) is 1. The smallest absolute Gasteiger partial charge is 0.00509 e. The number of nitrogens with zero attached hydrogens (tertiary/aromatic N) is 1. The van der Waals surface area contributed by atoms with Crippen molar-refractivity contribution in [2.24, 2.45) is 11.8 Å². The molecule has 0 saturated carbocycles. The predicted molar refractivity (Wildman–Crippen MR) is 75.8 cm³/mol. The van der Waals surface area contributed by atoms with Crippen LogP contribution in [0.2, 0.25) is 0 Å². The molecule has 0 aliphatic carbocycles. The molecule has 0 bridgehead atoms. The molecule has 2 heterocycles. The molecular formula is C16H24N2. The molecule has 1 aromatic carbocycles. The second-order valence-corrected chi connectivity index (χ2v) is 6.05. The van der Waals surface area contributed by atoms with E-state index < -0.39 is 0 Å². The topological polar surface area (TPSA) is 15.3 Å². The van der Waals surface area contributed by atoms with Crippen LogP contribution in [0.15, 0.2) is 30.3 Å². The Balaban J connectivity index is 1.52. The molecule has 2 heteroatoms. The molecule has 1 N–H and O–H groups in total. The van der Waals surface area contributed by atoms with E-state index in [1.54, 1.807) is 0 Å². The standard InChI is InChI=1S/C16H24N2/c1-13(16-9-17-10-16)11-18-8-7-15(12-18)14-5-3-2-4-6-14/h2-6,13,15-17H,7-12H2,1H3. The van der Waals surface area contributed by atoms with Crippen LogP contribution < -0.4 is 5.32 Å². The first-order chi connectivity index (χ1) is 8.83. The summed E-state index contributed by atoms with van der Waals surface area (Å²) < 4.78 is 0. The largest absolute Gasteiger partial charge is 0.316 e. The summed E-state index contributed by atoms with van der Waals surface area (Å²) in [6.07, 6.45) is 1.33. The highest BCUT2D eigenvalue weighted by molar-refractivity contribution is 5.21. The summed E-state index contributed by atoms with van der Waals surface area (Å²) in [6.45, 7) is 8.71. The van der Waals surface area contributed by atoms with Gasteiger partial charge in [-0.2, -0.15) is 0 Å². The van der Waals surface area contributed by atoms with E-state index in [1.807, 2.05) is 0 Å². The molecule has 2 saturated heterocycles. The maximum atomic E-state index is 3.38. The third-order valence-electron chi connectivity index (χ3n) is 4.71. The van der Waals surface area contributed by atoms with E-state index in [4.69, 9.17) is 0 Å². The second-order valence-electron chi connectivity index (χ2n) is 6.05. The van der Waals surface area contributed by atoms with E-state index in [-0.39, 0.29) is 0 Å². The van der Waals surface area contributed by atoms with Gasteiger partial charge in [-0.1, -0.05) is 37.3 Å². The van der Waals surface area contributed by atoms with Crippen LogP contribution in [0.3, 0.4) is 0 Å². The van der Waals surface area contributed by atoms with Gasteiger partial charge in [0.05, 0.1) is 0 Å². The van der Waals surface area contributed by atoms with Crippen molar-refractivity contribution >= 4 is 0 Å². The lowest BCUT2D eigenvalue weighted by atomic mass is 9.88. The Labute approximate surface area is 110 Å². The average molecular weight is 244 g/mol. The zero-order chi connectivity index (χ0) is 12.4. The van der Waals surface area contributed by atoms with E-state index in [0.717, 1.165) is 17.8 Å². The quantitative estimate of drug-likeness (QED) is 0.874. The zero-order valence-corrected chi connectivity index (χ0v) is 11.3. The van der Waals surface area contributed by atoms with Crippen molar-refractivity contribution in [3.05, 3.63) is 35.9 Å². The van der Waals surface area contributed by atoms with Crippen molar-refractivity contribution < 1.29 is 0 Å². The van der Waals surface area contributed by atoms with Gasteiger partial charge in [0, 0.05) is 13.1 Å². The van der Waals surface area contributed by atoms with Crippen LogP contribution in [0.4, 0.5) is 0 Å². The fourth-order valence-corrected chi connectivity index (χ4v) is 3.27. The van der Waals surface area contributed by atoms with E-state index in [1.165, 1.54) is 44.7 Å². The Bertz CT molecular complexity index is 372. The van der Waals surface area contributed by atoms with Crippen molar-refractivity contribution in [3.8, 4) is 0 Å². The van der Waals surface area contributed by atoms with E-state index in [0.29, 0.717) is 0 Å². The molecule has 2 unspecified atom stereocenters. The minimum Gasteiger partial charge on any atom is -0.316 e. The Morgan fingerprint density at radius 1 is 1.28 bits per heavy atom. The van der Waals surface area contributed by atoms with Crippen LogP contribution in [0.5, 0.6) is 0 Å². The molecule has 2 aliphatic rings. The van der Waals surface area contributed by atoms with Crippen molar-refractivity contribution in [3.63, 3.8) is 0 Å². The Kier molecular flexibility index (Phi) is 3.67. The fraction of sp³-hybridized carbons (Fsp3) is 0.625. The third kappa shape index (κ3) is 2.60. The summed E-state index contributed by atoms with van der Waals surface area (Å²) in [6, 6.07) is 11.0. The van der Waals surface area contributed by atoms with Crippen molar-refractivity contribution in [2.45, 2.75) is 19.3 Å². The zero-order valence-electron chi connectivity index (χ0n) is 11.3.